The molecule has 3 amide bonds. The van der Waals surface area contributed by atoms with E-state index < -0.39 is 60.2 Å². The van der Waals surface area contributed by atoms with Crippen LogP contribution in [-0.2, 0) is 24.0 Å². The fraction of sp³-hybridized carbons (Fsp3) is 0.722. The number of thiol groups is 1. The predicted octanol–water partition coefficient (Wildman–Crippen LogP) is -0.944. The molecule has 0 fully saturated rings. The largest absolute Gasteiger partial charge is 0.481 e. The summed E-state index contributed by atoms with van der Waals surface area (Å²) in [7, 11) is 0. The van der Waals surface area contributed by atoms with E-state index in [-0.39, 0.29) is 24.5 Å². The van der Waals surface area contributed by atoms with Crippen molar-refractivity contribution < 1.29 is 34.2 Å². The van der Waals surface area contributed by atoms with Gasteiger partial charge in [0, 0.05) is 5.75 Å². The smallest absolute Gasteiger partial charge is 0.326 e. The Bertz CT molecular complexity index is 648. The van der Waals surface area contributed by atoms with E-state index >= 15 is 0 Å². The Morgan fingerprint density at radius 1 is 0.935 bits per heavy atom. The van der Waals surface area contributed by atoms with Gasteiger partial charge < -0.3 is 31.9 Å². The van der Waals surface area contributed by atoms with Crippen LogP contribution in [0.5, 0.6) is 0 Å². The van der Waals surface area contributed by atoms with Crippen molar-refractivity contribution in [2.45, 2.75) is 57.3 Å². The van der Waals surface area contributed by atoms with Crippen molar-refractivity contribution in [1.82, 2.24) is 16.0 Å². The quantitative estimate of drug-likeness (QED) is 0.145. The monoisotopic (exact) mass is 480 g/mol. The molecule has 4 atom stereocenters. The lowest BCUT2D eigenvalue weighted by Gasteiger charge is -2.24. The fourth-order valence-corrected chi connectivity index (χ4v) is 3.22. The van der Waals surface area contributed by atoms with Gasteiger partial charge in [0.2, 0.25) is 17.7 Å². The van der Waals surface area contributed by atoms with E-state index in [2.05, 4.69) is 28.6 Å². The molecule has 4 unspecified atom stereocenters. The van der Waals surface area contributed by atoms with Gasteiger partial charge in [0.1, 0.15) is 18.1 Å². The Hall–Kier alpha value is -1.99. The number of rotatable bonds is 15. The molecule has 0 aromatic carbocycles. The third-order valence-electron chi connectivity index (χ3n) is 4.11. The second kappa shape index (κ2) is 14.9. The zero-order chi connectivity index (χ0) is 24.1. The summed E-state index contributed by atoms with van der Waals surface area (Å²) in [5.41, 5.74) is 5.49. The third kappa shape index (κ3) is 11.8. The predicted molar refractivity (Wildman–Crippen MR) is 120 cm³/mol. The van der Waals surface area contributed by atoms with Crippen LogP contribution in [0, 0.1) is 5.92 Å². The van der Waals surface area contributed by atoms with Crippen LogP contribution in [-0.4, -0.2) is 81.8 Å². The highest BCUT2D eigenvalue weighted by atomic mass is 32.2. The summed E-state index contributed by atoms with van der Waals surface area (Å²) in [6, 6.07) is -4.64. The number of hydrogen-bond acceptors (Lipinski definition) is 8. The molecule has 0 rings (SSSR count). The van der Waals surface area contributed by atoms with Crippen LogP contribution < -0.4 is 21.7 Å². The van der Waals surface area contributed by atoms with Gasteiger partial charge >= 0.3 is 11.9 Å². The van der Waals surface area contributed by atoms with E-state index in [4.69, 9.17) is 10.8 Å². The first-order valence-electron chi connectivity index (χ1n) is 9.63. The van der Waals surface area contributed by atoms with Crippen LogP contribution >= 0.6 is 24.4 Å². The van der Waals surface area contributed by atoms with Gasteiger partial charge in [-0.2, -0.15) is 24.4 Å². The van der Waals surface area contributed by atoms with Crippen LogP contribution in [0.25, 0.3) is 0 Å². The van der Waals surface area contributed by atoms with Crippen molar-refractivity contribution in [3.05, 3.63) is 0 Å². The number of nitrogens with two attached hydrogens (primary N) is 1. The Balaban J connectivity index is 5.22. The van der Waals surface area contributed by atoms with Gasteiger partial charge in [-0.15, -0.1) is 0 Å². The molecule has 0 saturated carbocycles. The Labute approximate surface area is 191 Å². The highest BCUT2D eigenvalue weighted by molar-refractivity contribution is 7.98. The van der Waals surface area contributed by atoms with E-state index in [9.17, 15) is 29.1 Å². The topological polar surface area (TPSA) is 188 Å². The maximum absolute atomic E-state index is 12.7. The third-order valence-corrected chi connectivity index (χ3v) is 5.12. The van der Waals surface area contributed by atoms with Crippen molar-refractivity contribution in [3.63, 3.8) is 0 Å². The van der Waals surface area contributed by atoms with Gasteiger partial charge in [0.25, 0.3) is 0 Å². The van der Waals surface area contributed by atoms with Gasteiger partial charge in [-0.1, -0.05) is 13.8 Å². The normalized spacial score (nSPS) is 14.8. The summed E-state index contributed by atoms with van der Waals surface area (Å²) in [5.74, 6) is -4.24. The molecule has 7 N–H and O–H groups in total. The summed E-state index contributed by atoms with van der Waals surface area (Å²) in [4.78, 5) is 59.4. The number of amides is 3. The maximum atomic E-state index is 12.7. The molecule has 0 saturated heterocycles. The summed E-state index contributed by atoms with van der Waals surface area (Å²) >= 11 is 5.46. The van der Waals surface area contributed by atoms with Gasteiger partial charge in [0.15, 0.2) is 0 Å². The van der Waals surface area contributed by atoms with E-state index in [1.54, 1.807) is 0 Å². The van der Waals surface area contributed by atoms with Crippen molar-refractivity contribution in [3.8, 4) is 0 Å². The average Bonchev–Trinajstić information content (AvgIpc) is 2.67. The summed E-state index contributed by atoms with van der Waals surface area (Å²) in [5, 5.41) is 25.3. The fourth-order valence-electron chi connectivity index (χ4n) is 2.50. The van der Waals surface area contributed by atoms with E-state index in [0.717, 1.165) is 0 Å². The zero-order valence-corrected chi connectivity index (χ0v) is 19.5. The molecule has 0 aromatic rings. The van der Waals surface area contributed by atoms with Crippen molar-refractivity contribution in [1.29, 1.82) is 0 Å². The number of nitrogens with one attached hydrogen (secondary N) is 3. The average molecular weight is 481 g/mol. The molecule has 0 aliphatic rings. The molecule has 11 nitrogen and oxygen atoms in total. The van der Waals surface area contributed by atoms with Crippen molar-refractivity contribution >= 4 is 54.1 Å². The number of aliphatic carboxylic acids is 2. The lowest BCUT2D eigenvalue weighted by Crippen LogP contribution is -2.58. The minimum absolute atomic E-state index is 0.0272. The summed E-state index contributed by atoms with van der Waals surface area (Å²) < 4.78 is 0. The van der Waals surface area contributed by atoms with Crippen LogP contribution in [0.15, 0.2) is 0 Å². The van der Waals surface area contributed by atoms with Crippen molar-refractivity contribution in [2.24, 2.45) is 11.7 Å². The molecule has 0 spiro atoms. The number of hydrogen-bond donors (Lipinski definition) is 7. The van der Waals surface area contributed by atoms with Gasteiger partial charge in [-0.25, -0.2) is 4.79 Å². The van der Waals surface area contributed by atoms with E-state index in [1.807, 2.05) is 20.1 Å². The van der Waals surface area contributed by atoms with Gasteiger partial charge in [0.05, 0.1) is 12.5 Å². The van der Waals surface area contributed by atoms with E-state index in [1.165, 1.54) is 11.8 Å². The van der Waals surface area contributed by atoms with Gasteiger partial charge in [-0.05, 0) is 30.8 Å². The highest BCUT2D eigenvalue weighted by Gasteiger charge is 2.30. The first-order chi connectivity index (χ1) is 14.4. The minimum atomic E-state index is -1.35. The molecular formula is C18H32N4O7S2. The summed E-state index contributed by atoms with van der Waals surface area (Å²) in [6.07, 6.45) is 1.66. The second-order valence-electron chi connectivity index (χ2n) is 7.32. The number of carboxylic acids is 2. The van der Waals surface area contributed by atoms with Crippen molar-refractivity contribution in [2.75, 3.05) is 17.8 Å². The maximum Gasteiger partial charge on any atom is 0.326 e. The number of carbonyl (C=O) groups excluding carboxylic acids is 3. The minimum Gasteiger partial charge on any atom is -0.481 e. The molecule has 0 radical (unpaired) electrons. The lowest BCUT2D eigenvalue weighted by atomic mass is 10.0. The SMILES string of the molecule is CSCCC(NC(=O)C(CS)NC(=O)C(N)CC(=O)O)C(=O)NC(CC(C)C)C(=O)O. The molecule has 31 heavy (non-hydrogen) atoms. The van der Waals surface area contributed by atoms with Crippen LogP contribution in [0.3, 0.4) is 0 Å². The summed E-state index contributed by atoms with van der Waals surface area (Å²) in [6.45, 7) is 3.65. The number of thioether (sulfide) groups is 1. The number of carbonyl (C=O) groups is 5. The molecule has 0 bridgehead atoms. The molecule has 13 heteroatoms. The Morgan fingerprint density at radius 2 is 1.45 bits per heavy atom. The zero-order valence-electron chi connectivity index (χ0n) is 17.8. The highest BCUT2D eigenvalue weighted by Crippen LogP contribution is 2.07. The first-order valence-corrected chi connectivity index (χ1v) is 11.7. The second-order valence-corrected chi connectivity index (χ2v) is 8.67. The lowest BCUT2D eigenvalue weighted by molar-refractivity contribution is -0.142. The van der Waals surface area contributed by atoms with E-state index in [0.29, 0.717) is 5.75 Å². The van der Waals surface area contributed by atoms with Crippen LogP contribution in [0.1, 0.15) is 33.1 Å². The Kier molecular flexibility index (Phi) is 14.0. The Morgan fingerprint density at radius 3 is 1.90 bits per heavy atom. The molecule has 0 aliphatic heterocycles. The number of carboxylic acid groups (broad SMARTS) is 2. The first kappa shape index (κ1) is 29.0. The molecule has 0 aromatic heterocycles. The standard InChI is InChI=1S/C18H32N4O7S2/c1-9(2)6-12(18(28)29)21-16(26)11(4-5-31-3)20-17(27)13(8-30)22-15(25)10(19)7-14(23)24/h9-13,30H,4-8,19H2,1-3H3,(H,20,27)(H,21,26)(H,22,25)(H,23,24)(H,28,29). The van der Waals surface area contributed by atoms with Crippen LogP contribution in [0.2, 0.25) is 0 Å². The van der Waals surface area contributed by atoms with Crippen LogP contribution in [0.4, 0.5) is 0 Å². The molecular weight excluding hydrogens is 448 g/mol. The molecule has 178 valence electrons. The molecule has 0 heterocycles. The molecule has 0 aliphatic carbocycles. The van der Waals surface area contributed by atoms with Gasteiger partial charge in [-0.3, -0.25) is 19.2 Å².